The predicted molar refractivity (Wildman–Crippen MR) is 66.2 cm³/mol. The van der Waals surface area contributed by atoms with Crippen LogP contribution in [0.2, 0.25) is 0 Å². The number of imidazole rings is 1. The van der Waals surface area contributed by atoms with Gasteiger partial charge < -0.3 is 14.6 Å². The Morgan fingerprint density at radius 1 is 1.47 bits per heavy atom. The van der Waals surface area contributed by atoms with Crippen molar-refractivity contribution in [3.63, 3.8) is 0 Å². The van der Waals surface area contributed by atoms with Crippen LogP contribution in [0.3, 0.4) is 0 Å². The van der Waals surface area contributed by atoms with E-state index in [2.05, 4.69) is 28.0 Å². The summed E-state index contributed by atoms with van der Waals surface area (Å²) in [5.74, 6) is 0. The zero-order chi connectivity index (χ0) is 11.7. The second kappa shape index (κ2) is 4.42. The van der Waals surface area contributed by atoms with Crippen LogP contribution < -0.4 is 5.32 Å². The second-order valence-electron chi connectivity index (χ2n) is 5.52. The SMILES string of the molecule is CC1(c2cncn2C2CCOCC2)CCNC1. The summed E-state index contributed by atoms with van der Waals surface area (Å²) in [6, 6.07) is 0.582. The topological polar surface area (TPSA) is 39.1 Å². The first-order valence-corrected chi connectivity index (χ1v) is 6.60. The molecule has 2 aliphatic rings. The first-order chi connectivity index (χ1) is 8.30. The molecule has 17 heavy (non-hydrogen) atoms. The lowest BCUT2D eigenvalue weighted by atomic mass is 9.86. The number of nitrogens with one attached hydrogen (secondary N) is 1. The van der Waals surface area contributed by atoms with Crippen LogP contribution in [-0.2, 0) is 10.2 Å². The molecule has 4 nitrogen and oxygen atoms in total. The lowest BCUT2D eigenvalue weighted by molar-refractivity contribution is 0.0681. The van der Waals surface area contributed by atoms with E-state index in [9.17, 15) is 0 Å². The lowest BCUT2D eigenvalue weighted by Crippen LogP contribution is -2.30. The van der Waals surface area contributed by atoms with E-state index in [0.29, 0.717) is 6.04 Å². The third kappa shape index (κ3) is 2.00. The van der Waals surface area contributed by atoms with Gasteiger partial charge in [0.15, 0.2) is 0 Å². The fourth-order valence-electron chi connectivity index (χ4n) is 3.06. The van der Waals surface area contributed by atoms with Crippen molar-refractivity contribution in [1.29, 1.82) is 0 Å². The monoisotopic (exact) mass is 235 g/mol. The maximum atomic E-state index is 5.44. The molecule has 0 amide bonds. The quantitative estimate of drug-likeness (QED) is 0.844. The Labute approximate surface area is 102 Å². The van der Waals surface area contributed by atoms with Crippen molar-refractivity contribution in [2.24, 2.45) is 0 Å². The summed E-state index contributed by atoms with van der Waals surface area (Å²) in [6.45, 7) is 6.31. The van der Waals surface area contributed by atoms with Crippen molar-refractivity contribution in [2.75, 3.05) is 26.3 Å². The maximum Gasteiger partial charge on any atom is 0.0951 e. The normalized spacial score (nSPS) is 30.9. The Bertz CT molecular complexity index is 376. The molecule has 1 aromatic rings. The predicted octanol–water partition coefficient (Wildman–Crippen LogP) is 1.49. The molecular weight excluding hydrogens is 214 g/mol. The third-order valence-corrected chi connectivity index (χ3v) is 4.24. The zero-order valence-corrected chi connectivity index (χ0v) is 10.5. The first kappa shape index (κ1) is 11.2. The van der Waals surface area contributed by atoms with Crippen LogP contribution >= 0.6 is 0 Å². The average Bonchev–Trinajstić information content (AvgIpc) is 2.99. The third-order valence-electron chi connectivity index (χ3n) is 4.24. The van der Waals surface area contributed by atoms with Crippen molar-refractivity contribution in [1.82, 2.24) is 14.9 Å². The van der Waals surface area contributed by atoms with Gasteiger partial charge in [0, 0.05) is 43.1 Å². The van der Waals surface area contributed by atoms with Crippen LogP contribution in [0, 0.1) is 0 Å². The lowest BCUT2D eigenvalue weighted by Gasteiger charge is -2.30. The Hall–Kier alpha value is -0.870. The van der Waals surface area contributed by atoms with Crippen LogP contribution in [-0.4, -0.2) is 35.9 Å². The fourth-order valence-corrected chi connectivity index (χ4v) is 3.06. The number of hydrogen-bond acceptors (Lipinski definition) is 3. The van der Waals surface area contributed by atoms with Crippen LogP contribution in [0.15, 0.2) is 12.5 Å². The molecule has 0 aromatic carbocycles. The standard InChI is InChI=1S/C13H21N3O/c1-13(4-5-14-9-13)12-8-15-10-16(12)11-2-6-17-7-3-11/h8,10-11,14H,2-7,9H2,1H3. The molecule has 1 atom stereocenters. The number of ether oxygens (including phenoxy) is 1. The van der Waals surface area contributed by atoms with Crippen LogP contribution in [0.4, 0.5) is 0 Å². The van der Waals surface area contributed by atoms with E-state index in [4.69, 9.17) is 4.74 Å². The number of aromatic nitrogens is 2. The van der Waals surface area contributed by atoms with Gasteiger partial charge in [-0.3, -0.25) is 0 Å². The Morgan fingerprint density at radius 2 is 2.29 bits per heavy atom. The van der Waals surface area contributed by atoms with Crippen LogP contribution in [0.25, 0.3) is 0 Å². The van der Waals surface area contributed by atoms with Crippen molar-refractivity contribution in [2.45, 2.75) is 37.6 Å². The highest BCUT2D eigenvalue weighted by Gasteiger charge is 2.34. The van der Waals surface area contributed by atoms with E-state index in [1.165, 1.54) is 12.1 Å². The number of nitrogens with zero attached hydrogens (tertiary/aromatic N) is 2. The van der Waals surface area contributed by atoms with E-state index < -0.39 is 0 Å². The van der Waals surface area contributed by atoms with Crippen LogP contribution in [0.5, 0.6) is 0 Å². The van der Waals surface area contributed by atoms with E-state index >= 15 is 0 Å². The highest BCUT2D eigenvalue weighted by Crippen LogP contribution is 2.33. The van der Waals surface area contributed by atoms with Crippen molar-refractivity contribution in [3.8, 4) is 0 Å². The molecule has 1 N–H and O–H groups in total. The summed E-state index contributed by atoms with van der Waals surface area (Å²) in [5.41, 5.74) is 1.66. The number of hydrogen-bond donors (Lipinski definition) is 1. The molecule has 1 unspecified atom stereocenters. The van der Waals surface area contributed by atoms with E-state index in [-0.39, 0.29) is 5.41 Å². The van der Waals surface area contributed by atoms with Gasteiger partial charge >= 0.3 is 0 Å². The molecule has 2 saturated heterocycles. The summed E-state index contributed by atoms with van der Waals surface area (Å²) >= 11 is 0. The van der Waals surface area contributed by atoms with E-state index in [0.717, 1.165) is 39.1 Å². The molecule has 0 aliphatic carbocycles. The summed E-state index contributed by atoms with van der Waals surface area (Å²) in [4.78, 5) is 4.38. The average molecular weight is 235 g/mol. The molecule has 4 heteroatoms. The van der Waals surface area contributed by atoms with Gasteiger partial charge in [0.25, 0.3) is 0 Å². The molecule has 2 aliphatic heterocycles. The minimum atomic E-state index is 0.259. The fraction of sp³-hybridized carbons (Fsp3) is 0.769. The van der Waals surface area contributed by atoms with Gasteiger partial charge in [-0.25, -0.2) is 4.98 Å². The minimum absolute atomic E-state index is 0.259. The van der Waals surface area contributed by atoms with E-state index in [1.807, 2.05) is 6.33 Å². The number of rotatable bonds is 2. The highest BCUT2D eigenvalue weighted by molar-refractivity contribution is 5.18. The molecule has 3 heterocycles. The van der Waals surface area contributed by atoms with Gasteiger partial charge in [0.05, 0.1) is 6.33 Å². The van der Waals surface area contributed by atoms with Crippen molar-refractivity contribution >= 4 is 0 Å². The van der Waals surface area contributed by atoms with Gasteiger partial charge in [-0.2, -0.15) is 0 Å². The second-order valence-corrected chi connectivity index (χ2v) is 5.52. The molecule has 0 bridgehead atoms. The van der Waals surface area contributed by atoms with Gasteiger partial charge in [-0.1, -0.05) is 6.92 Å². The van der Waals surface area contributed by atoms with Gasteiger partial charge in [-0.05, 0) is 25.8 Å². The molecular formula is C13H21N3O. The summed E-state index contributed by atoms with van der Waals surface area (Å²) in [6.07, 6.45) is 7.51. The zero-order valence-electron chi connectivity index (χ0n) is 10.5. The summed E-state index contributed by atoms with van der Waals surface area (Å²) < 4.78 is 7.84. The van der Waals surface area contributed by atoms with Crippen molar-refractivity contribution < 1.29 is 4.74 Å². The largest absolute Gasteiger partial charge is 0.381 e. The molecule has 2 fully saturated rings. The molecule has 0 radical (unpaired) electrons. The highest BCUT2D eigenvalue weighted by atomic mass is 16.5. The molecule has 3 rings (SSSR count). The Kier molecular flexibility index (Phi) is 2.92. The maximum absolute atomic E-state index is 5.44. The summed E-state index contributed by atoms with van der Waals surface area (Å²) in [5, 5.41) is 3.47. The van der Waals surface area contributed by atoms with E-state index in [1.54, 1.807) is 0 Å². The van der Waals surface area contributed by atoms with Crippen molar-refractivity contribution in [3.05, 3.63) is 18.2 Å². The smallest absolute Gasteiger partial charge is 0.0951 e. The summed E-state index contributed by atoms with van der Waals surface area (Å²) in [7, 11) is 0. The molecule has 94 valence electrons. The minimum Gasteiger partial charge on any atom is -0.381 e. The van der Waals surface area contributed by atoms with Gasteiger partial charge in [0.2, 0.25) is 0 Å². The van der Waals surface area contributed by atoms with Gasteiger partial charge in [-0.15, -0.1) is 0 Å². The molecule has 0 spiro atoms. The Balaban J connectivity index is 1.87. The molecule has 0 saturated carbocycles. The van der Waals surface area contributed by atoms with Crippen LogP contribution in [0.1, 0.15) is 37.9 Å². The Morgan fingerprint density at radius 3 is 3.00 bits per heavy atom. The first-order valence-electron chi connectivity index (χ1n) is 6.60. The van der Waals surface area contributed by atoms with Gasteiger partial charge in [0.1, 0.15) is 0 Å². The molecule has 1 aromatic heterocycles.